The third-order valence-corrected chi connectivity index (χ3v) is 4.92. The molecule has 2 heterocycles. The van der Waals surface area contributed by atoms with E-state index in [2.05, 4.69) is 15.6 Å². The van der Waals surface area contributed by atoms with E-state index >= 15 is 0 Å². The van der Waals surface area contributed by atoms with Crippen molar-refractivity contribution in [3.05, 3.63) is 53.9 Å². The van der Waals surface area contributed by atoms with Crippen molar-refractivity contribution in [2.45, 2.75) is 31.1 Å². The molecule has 1 aliphatic heterocycles. The van der Waals surface area contributed by atoms with Crippen molar-refractivity contribution in [3.63, 3.8) is 0 Å². The van der Waals surface area contributed by atoms with Crippen LogP contribution in [0, 0.1) is 0 Å². The Kier molecular flexibility index (Phi) is 3.31. The number of nitrogens with one attached hydrogen (secondary N) is 2. The zero-order valence-electron chi connectivity index (χ0n) is 14.0. The predicted octanol–water partition coefficient (Wildman–Crippen LogP) is 3.77. The highest BCUT2D eigenvalue weighted by Gasteiger charge is 2.31. The van der Waals surface area contributed by atoms with Crippen LogP contribution in [0.25, 0.3) is 11.1 Å². The highest BCUT2D eigenvalue weighted by molar-refractivity contribution is 6.05. The number of para-hydroxylation sites is 1. The van der Waals surface area contributed by atoms with Gasteiger partial charge in [0.25, 0.3) is 0 Å². The van der Waals surface area contributed by atoms with Gasteiger partial charge in [0.05, 0.1) is 5.92 Å². The Labute approximate surface area is 149 Å². The Balaban J connectivity index is 1.41. The molecule has 1 unspecified atom stereocenters. The number of carbonyl (C=O) groups excluding carboxylic acids is 2. The summed E-state index contributed by atoms with van der Waals surface area (Å²) >= 11 is 0. The summed E-state index contributed by atoms with van der Waals surface area (Å²) in [6.07, 6.45) is 2.39. The van der Waals surface area contributed by atoms with E-state index in [-0.39, 0.29) is 18.2 Å². The van der Waals surface area contributed by atoms with Gasteiger partial charge >= 0.3 is 0 Å². The van der Waals surface area contributed by atoms with Gasteiger partial charge in [0.1, 0.15) is 5.52 Å². The number of fused-ring (bicyclic) bond motifs is 2. The zero-order chi connectivity index (χ0) is 17.7. The molecule has 26 heavy (non-hydrogen) atoms. The quantitative estimate of drug-likeness (QED) is 0.755. The fourth-order valence-electron chi connectivity index (χ4n) is 3.40. The number of anilines is 2. The van der Waals surface area contributed by atoms with Gasteiger partial charge in [-0.2, -0.15) is 0 Å². The minimum Gasteiger partial charge on any atom is -0.440 e. The predicted molar refractivity (Wildman–Crippen MR) is 97.0 cm³/mol. The maximum Gasteiger partial charge on any atom is 0.232 e. The second kappa shape index (κ2) is 5.69. The van der Waals surface area contributed by atoms with E-state index in [0.29, 0.717) is 22.9 Å². The Morgan fingerprint density at radius 3 is 2.88 bits per heavy atom. The van der Waals surface area contributed by atoms with Gasteiger partial charge in [0, 0.05) is 29.8 Å². The van der Waals surface area contributed by atoms with E-state index in [0.717, 1.165) is 29.8 Å². The molecule has 5 rings (SSSR count). The second-order valence-corrected chi connectivity index (χ2v) is 6.89. The molecule has 1 aromatic heterocycles. The average molecular weight is 347 g/mol. The smallest absolute Gasteiger partial charge is 0.232 e. The molecule has 1 atom stereocenters. The van der Waals surface area contributed by atoms with Gasteiger partial charge in [0.2, 0.25) is 11.8 Å². The number of oxazole rings is 1. The first kappa shape index (κ1) is 15.1. The Hall–Kier alpha value is -3.15. The largest absolute Gasteiger partial charge is 0.440 e. The van der Waals surface area contributed by atoms with Crippen molar-refractivity contribution < 1.29 is 14.0 Å². The lowest BCUT2D eigenvalue weighted by molar-refractivity contribution is -0.123. The molecule has 130 valence electrons. The summed E-state index contributed by atoms with van der Waals surface area (Å²) in [7, 11) is 0. The fourth-order valence-corrected chi connectivity index (χ4v) is 3.40. The Morgan fingerprint density at radius 1 is 1.19 bits per heavy atom. The summed E-state index contributed by atoms with van der Waals surface area (Å²) in [4.78, 5) is 29.2. The third kappa shape index (κ3) is 2.63. The minimum atomic E-state index is -0.507. The molecule has 2 N–H and O–H groups in total. The van der Waals surface area contributed by atoms with Gasteiger partial charge in [-0.15, -0.1) is 0 Å². The van der Waals surface area contributed by atoms with Gasteiger partial charge in [0.15, 0.2) is 11.5 Å². The summed E-state index contributed by atoms with van der Waals surface area (Å²) in [6, 6.07) is 12.9. The highest BCUT2D eigenvalue weighted by Crippen LogP contribution is 2.41. The molecule has 0 radical (unpaired) electrons. The van der Waals surface area contributed by atoms with Crippen molar-refractivity contribution in [2.24, 2.45) is 0 Å². The molecule has 6 nitrogen and oxygen atoms in total. The molecule has 2 amide bonds. The van der Waals surface area contributed by atoms with Crippen LogP contribution in [0.1, 0.15) is 42.6 Å². The van der Waals surface area contributed by atoms with E-state index < -0.39 is 5.92 Å². The molecule has 1 fully saturated rings. The van der Waals surface area contributed by atoms with Crippen LogP contribution in [0.3, 0.4) is 0 Å². The fraction of sp³-hybridized carbons (Fsp3) is 0.250. The van der Waals surface area contributed by atoms with E-state index in [9.17, 15) is 9.59 Å². The summed E-state index contributed by atoms with van der Waals surface area (Å²) in [5.74, 6) is 0.364. The Morgan fingerprint density at radius 2 is 2.04 bits per heavy atom. The van der Waals surface area contributed by atoms with Crippen LogP contribution in [0.5, 0.6) is 0 Å². The van der Waals surface area contributed by atoms with Crippen LogP contribution in [0.15, 0.2) is 46.9 Å². The number of hydrogen-bond donors (Lipinski definition) is 2. The van der Waals surface area contributed by atoms with Crippen LogP contribution in [0.4, 0.5) is 11.4 Å². The molecular formula is C20H17N3O3. The van der Waals surface area contributed by atoms with Crippen LogP contribution in [-0.2, 0) is 9.59 Å². The van der Waals surface area contributed by atoms with Crippen LogP contribution in [0.2, 0.25) is 0 Å². The summed E-state index contributed by atoms with van der Waals surface area (Å²) in [6.45, 7) is 0. The SMILES string of the molecule is O=C1CC(C(=O)Nc2ccc3nc(C4CC4)oc3c2)c2ccccc2N1. The normalized spacial score (nSPS) is 19.1. The number of benzene rings is 2. The van der Waals surface area contributed by atoms with Crippen LogP contribution < -0.4 is 10.6 Å². The number of rotatable bonds is 3. The summed E-state index contributed by atoms with van der Waals surface area (Å²) < 4.78 is 5.81. The van der Waals surface area contributed by atoms with Crippen molar-refractivity contribution >= 4 is 34.3 Å². The molecule has 2 aromatic carbocycles. The monoisotopic (exact) mass is 347 g/mol. The first-order valence-corrected chi connectivity index (χ1v) is 8.77. The van der Waals surface area contributed by atoms with Crippen molar-refractivity contribution in [1.29, 1.82) is 0 Å². The lowest BCUT2D eigenvalue weighted by atomic mass is 9.90. The van der Waals surface area contributed by atoms with Gasteiger partial charge in [-0.05, 0) is 36.6 Å². The molecule has 0 saturated heterocycles. The van der Waals surface area contributed by atoms with Gasteiger partial charge < -0.3 is 15.1 Å². The van der Waals surface area contributed by atoms with Crippen LogP contribution in [-0.4, -0.2) is 16.8 Å². The van der Waals surface area contributed by atoms with Crippen molar-refractivity contribution in [1.82, 2.24) is 4.98 Å². The van der Waals surface area contributed by atoms with Gasteiger partial charge in [-0.3, -0.25) is 9.59 Å². The second-order valence-electron chi connectivity index (χ2n) is 6.89. The molecule has 0 spiro atoms. The highest BCUT2D eigenvalue weighted by atomic mass is 16.3. The molecule has 2 aliphatic rings. The summed E-state index contributed by atoms with van der Waals surface area (Å²) in [5.41, 5.74) is 3.65. The topological polar surface area (TPSA) is 84.2 Å². The Bertz CT molecular complexity index is 1040. The molecular weight excluding hydrogens is 330 g/mol. The lowest BCUT2D eigenvalue weighted by Gasteiger charge is -2.24. The number of nitrogens with zero attached hydrogens (tertiary/aromatic N) is 1. The first-order valence-electron chi connectivity index (χ1n) is 8.77. The van der Waals surface area contributed by atoms with E-state index in [4.69, 9.17) is 4.42 Å². The third-order valence-electron chi connectivity index (χ3n) is 4.92. The molecule has 3 aromatic rings. The molecule has 1 aliphatic carbocycles. The molecule has 0 bridgehead atoms. The lowest BCUT2D eigenvalue weighted by Crippen LogP contribution is -2.30. The maximum absolute atomic E-state index is 12.8. The van der Waals surface area contributed by atoms with E-state index in [1.54, 1.807) is 6.07 Å². The minimum absolute atomic E-state index is 0.138. The van der Waals surface area contributed by atoms with E-state index in [1.165, 1.54) is 0 Å². The van der Waals surface area contributed by atoms with Gasteiger partial charge in [-0.1, -0.05) is 18.2 Å². The standard InChI is InChI=1S/C20H17N3O3/c24-18-10-14(13-3-1-2-4-15(13)22-18)19(25)21-12-7-8-16-17(9-12)26-20(23-16)11-5-6-11/h1-4,7-9,11,14H,5-6,10H2,(H,21,25)(H,22,24). The number of carbonyl (C=O) groups is 2. The molecule has 1 saturated carbocycles. The van der Waals surface area contributed by atoms with Crippen molar-refractivity contribution in [2.75, 3.05) is 10.6 Å². The summed E-state index contributed by atoms with van der Waals surface area (Å²) in [5, 5.41) is 5.72. The molecule has 6 heteroatoms. The number of hydrogen-bond acceptors (Lipinski definition) is 4. The van der Waals surface area contributed by atoms with Gasteiger partial charge in [-0.25, -0.2) is 4.98 Å². The van der Waals surface area contributed by atoms with Crippen molar-refractivity contribution in [3.8, 4) is 0 Å². The average Bonchev–Trinajstić information content (AvgIpc) is 3.40. The van der Waals surface area contributed by atoms with E-state index in [1.807, 2.05) is 36.4 Å². The maximum atomic E-state index is 12.8. The number of amides is 2. The zero-order valence-corrected chi connectivity index (χ0v) is 14.0. The number of aromatic nitrogens is 1. The first-order chi connectivity index (χ1) is 12.7. The van der Waals surface area contributed by atoms with Crippen LogP contribution >= 0.6 is 0 Å².